The number of nitrogens with zero attached hydrogens (tertiary/aromatic N) is 2. The third-order valence-electron chi connectivity index (χ3n) is 10.5. The van der Waals surface area contributed by atoms with Crippen molar-refractivity contribution in [3.8, 4) is 0 Å². The first-order chi connectivity index (χ1) is 22.0. The van der Waals surface area contributed by atoms with Crippen molar-refractivity contribution in [3.63, 3.8) is 0 Å². The fourth-order valence-corrected chi connectivity index (χ4v) is 24.3. The Bertz CT molecular complexity index is 1430. The van der Waals surface area contributed by atoms with E-state index in [1.165, 1.54) is 32.6 Å². The van der Waals surface area contributed by atoms with Gasteiger partial charge < -0.3 is 24.8 Å². The molecule has 0 saturated heterocycles. The number of hydrogen-bond acceptors (Lipinski definition) is 2. The molecule has 4 rings (SSSR count). The van der Waals surface area contributed by atoms with Crippen molar-refractivity contribution in [3.05, 3.63) is 109 Å². The van der Waals surface area contributed by atoms with Crippen LogP contribution in [0.25, 0.3) is 0 Å². The normalized spacial score (nSPS) is 12.9. The molecule has 0 aromatic heterocycles. The zero-order valence-electron chi connectivity index (χ0n) is 34.4. The molecule has 0 saturated carbocycles. The molecule has 51 heavy (non-hydrogen) atoms. The summed E-state index contributed by atoms with van der Waals surface area (Å²) in [6.45, 7) is 29.1. The van der Waals surface area contributed by atoms with E-state index >= 15 is 0 Å². The number of benzene rings is 4. The predicted molar refractivity (Wildman–Crippen MR) is 229 cm³/mol. The second-order valence-electron chi connectivity index (χ2n) is 18.1. The molecule has 0 aliphatic carbocycles. The van der Waals surface area contributed by atoms with Gasteiger partial charge in [0.25, 0.3) is 0 Å². The van der Waals surface area contributed by atoms with Crippen molar-refractivity contribution in [1.29, 1.82) is 0 Å². The maximum Gasteiger partial charge on any atom is 2.00 e. The van der Waals surface area contributed by atoms with Gasteiger partial charge >= 0.3 is 318 Å². The van der Waals surface area contributed by atoms with Crippen LogP contribution in [0, 0.1) is 0 Å². The molecule has 0 radical (unpaired) electrons. The van der Waals surface area contributed by atoms with Gasteiger partial charge in [-0.25, -0.2) is 0 Å². The van der Waals surface area contributed by atoms with Crippen LogP contribution in [0.1, 0.15) is 83.1 Å². The first kappa shape index (κ1) is 49.6. The largest absolute Gasteiger partial charge is 2.00 e. The van der Waals surface area contributed by atoms with Crippen LogP contribution in [0.15, 0.2) is 109 Å². The maximum absolute atomic E-state index is 2.43. The minimum Gasteiger partial charge on any atom is -1.00 e. The average Bonchev–Trinajstić information content (AvgIpc) is 2.97. The van der Waals surface area contributed by atoms with Crippen molar-refractivity contribution in [2.75, 3.05) is 38.0 Å². The van der Waals surface area contributed by atoms with Crippen molar-refractivity contribution >= 4 is 47.1 Å². The second kappa shape index (κ2) is 18.8. The van der Waals surface area contributed by atoms with Crippen LogP contribution in [0.2, 0.25) is 0 Å². The van der Waals surface area contributed by atoms with Crippen LogP contribution in [0.4, 0.5) is 11.4 Å². The predicted octanol–water partition coefficient (Wildman–Crippen LogP) is 4.11. The summed E-state index contributed by atoms with van der Waals surface area (Å²) >= 11 is 0. The quantitative estimate of drug-likeness (QED) is 0.213. The summed E-state index contributed by atoms with van der Waals surface area (Å²) in [6, 6.07) is 41.1. The number of anilines is 2. The van der Waals surface area contributed by atoms with E-state index in [0.29, 0.717) is 0 Å². The van der Waals surface area contributed by atoms with E-state index in [-0.39, 0.29) is 65.9 Å². The standard InChI is InChI=1S/2C22H34NP.2ClH.Pd/c2*1-21(2,3)24(22(4,5)6,19-12-10-9-11-13-19)20-16-14-18(15-17-20)23(7)8;;;/h2*9-17,24H,1-8H3;2*1H;/q;;;;+2/p-2. The molecular formula is C44H68Cl2N2P2Pd. The molecule has 7 heteroatoms. The molecule has 0 aliphatic heterocycles. The fraction of sp³-hybridized carbons (Fsp3) is 0.455. The average molecular weight is 864 g/mol. The summed E-state index contributed by atoms with van der Waals surface area (Å²) in [5.41, 5.74) is 2.52. The summed E-state index contributed by atoms with van der Waals surface area (Å²) in [4.78, 5) is 4.34. The SMILES string of the molecule is CN(C)c1ccc([PH](c2ccccc2)(C(C)(C)C)C(C)(C)C)cc1.CN(C)c1ccc([PH](c2ccccc2)(C(C)(C)C)C(C)(C)C)cc1.[Cl-].[Cl-].[Pd+2]. The van der Waals surface area contributed by atoms with Crippen LogP contribution in [-0.4, -0.2) is 48.8 Å². The van der Waals surface area contributed by atoms with E-state index in [9.17, 15) is 0 Å². The van der Waals surface area contributed by atoms with Gasteiger partial charge in [-0.15, -0.1) is 0 Å². The molecule has 4 aromatic carbocycles. The monoisotopic (exact) mass is 862 g/mol. The molecular weight excluding hydrogens is 796 g/mol. The van der Waals surface area contributed by atoms with Crippen molar-refractivity contribution in [2.45, 2.75) is 104 Å². The maximum atomic E-state index is 2.43. The summed E-state index contributed by atoms with van der Waals surface area (Å²) in [6.07, 6.45) is 0. The Hall–Kier alpha value is -1.42. The van der Waals surface area contributed by atoms with Gasteiger partial charge in [-0.3, -0.25) is 0 Å². The van der Waals surface area contributed by atoms with Gasteiger partial charge in [-0.05, 0) is 0 Å². The van der Waals surface area contributed by atoms with E-state index in [1.54, 1.807) is 0 Å². The molecule has 0 heterocycles. The van der Waals surface area contributed by atoms with Crippen molar-refractivity contribution in [1.82, 2.24) is 0 Å². The van der Waals surface area contributed by atoms with Gasteiger partial charge in [0.1, 0.15) is 0 Å². The van der Waals surface area contributed by atoms with Crippen LogP contribution in [0.5, 0.6) is 0 Å². The zero-order valence-corrected chi connectivity index (χ0v) is 39.4. The Balaban J connectivity index is 0.000000926. The molecule has 0 aliphatic rings. The van der Waals surface area contributed by atoms with E-state index in [2.05, 4.69) is 230 Å². The third kappa shape index (κ3) is 10.0. The molecule has 0 N–H and O–H groups in total. The summed E-state index contributed by atoms with van der Waals surface area (Å²) < 4.78 is 0. The smallest absolute Gasteiger partial charge is 1.00 e. The molecule has 0 spiro atoms. The Morgan fingerprint density at radius 1 is 0.333 bits per heavy atom. The topological polar surface area (TPSA) is 6.48 Å². The molecule has 0 atom stereocenters. The van der Waals surface area contributed by atoms with Crippen molar-refractivity contribution in [2.24, 2.45) is 0 Å². The molecule has 0 fully saturated rings. The second-order valence-corrected chi connectivity index (χ2v) is 29.4. The third-order valence-corrected chi connectivity index (χ3v) is 24.3. The Kier molecular flexibility index (Phi) is 18.2. The summed E-state index contributed by atoms with van der Waals surface area (Å²) in [5, 5.41) is 6.97. The van der Waals surface area contributed by atoms with Gasteiger partial charge in [0.2, 0.25) is 0 Å². The molecule has 288 valence electrons. The first-order valence-corrected chi connectivity index (χ1v) is 21.7. The van der Waals surface area contributed by atoms with Gasteiger partial charge in [0.05, 0.1) is 0 Å². The summed E-state index contributed by atoms with van der Waals surface area (Å²) in [5.74, 6) is 0. The fourth-order valence-electron chi connectivity index (χ4n) is 9.44. The van der Waals surface area contributed by atoms with Gasteiger partial charge in [-0.1, -0.05) is 0 Å². The summed E-state index contributed by atoms with van der Waals surface area (Å²) in [7, 11) is 4.35. The first-order valence-electron chi connectivity index (χ1n) is 17.7. The molecule has 2 nitrogen and oxygen atoms in total. The minimum absolute atomic E-state index is 0. The minimum atomic E-state index is -2.03. The molecule has 4 aromatic rings. The van der Waals surface area contributed by atoms with Crippen LogP contribution >= 0.6 is 14.5 Å². The Morgan fingerprint density at radius 2 is 0.529 bits per heavy atom. The number of halogens is 2. The number of hydrogen-bond donors (Lipinski definition) is 0. The molecule has 0 bridgehead atoms. The van der Waals surface area contributed by atoms with Gasteiger partial charge in [-0.2, -0.15) is 0 Å². The molecule has 0 unspecified atom stereocenters. The van der Waals surface area contributed by atoms with E-state index in [1.807, 2.05) is 0 Å². The van der Waals surface area contributed by atoms with E-state index in [4.69, 9.17) is 0 Å². The Labute approximate surface area is 341 Å². The number of rotatable bonds is 6. The van der Waals surface area contributed by atoms with Gasteiger partial charge in [0, 0.05) is 0 Å². The van der Waals surface area contributed by atoms with E-state index in [0.717, 1.165) is 0 Å². The van der Waals surface area contributed by atoms with E-state index < -0.39 is 14.5 Å². The van der Waals surface area contributed by atoms with Crippen molar-refractivity contribution < 1.29 is 45.2 Å². The zero-order chi connectivity index (χ0) is 36.3. The van der Waals surface area contributed by atoms with Crippen LogP contribution < -0.4 is 55.8 Å². The molecule has 0 amide bonds. The van der Waals surface area contributed by atoms with Gasteiger partial charge in [0.15, 0.2) is 0 Å². The van der Waals surface area contributed by atoms with Crippen LogP contribution in [0.3, 0.4) is 0 Å². The Morgan fingerprint density at radius 3 is 0.706 bits per heavy atom. The van der Waals surface area contributed by atoms with Crippen LogP contribution in [-0.2, 0) is 20.4 Å².